The van der Waals surface area contributed by atoms with Crippen molar-refractivity contribution >= 4 is 38.3 Å². The second kappa shape index (κ2) is 8.80. The summed E-state index contributed by atoms with van der Waals surface area (Å²) in [6, 6.07) is 44.8. The molecule has 0 aliphatic rings. The van der Waals surface area contributed by atoms with E-state index in [1.165, 1.54) is 5.67 Å². The van der Waals surface area contributed by atoms with E-state index in [1.807, 2.05) is 0 Å². The molecule has 4 rings (SSSR count). The molecule has 2 heteroatoms. The van der Waals surface area contributed by atoms with Gasteiger partial charge in [0.2, 0.25) is 0 Å². The highest BCUT2D eigenvalue weighted by Crippen LogP contribution is 2.04. The monoisotopic (exact) mass is 380 g/mol. The number of hydrogen-bond acceptors (Lipinski definition) is 0. The molecule has 0 atom stereocenters. The molecule has 0 saturated heterocycles. The molecule has 0 radical (unpaired) electrons. The van der Waals surface area contributed by atoms with E-state index in [0.29, 0.717) is 0 Å². The van der Waals surface area contributed by atoms with Gasteiger partial charge in [-0.05, 0) is 0 Å². The zero-order valence-corrected chi connectivity index (χ0v) is 17.7. The lowest BCUT2D eigenvalue weighted by atomic mass is 10.4. The van der Waals surface area contributed by atoms with Gasteiger partial charge in [-0.15, -0.1) is 0 Å². The van der Waals surface area contributed by atoms with E-state index >= 15 is 0 Å². The Kier molecular flexibility index (Phi) is 5.78. The van der Waals surface area contributed by atoms with E-state index in [4.69, 9.17) is 0 Å². The average Bonchev–Trinajstić information content (AvgIpc) is 2.77. The van der Waals surface area contributed by atoms with Gasteiger partial charge >= 0.3 is 0 Å². The van der Waals surface area contributed by atoms with Crippen molar-refractivity contribution in [1.29, 1.82) is 0 Å². The molecule has 0 unspecified atom stereocenters. The lowest BCUT2D eigenvalue weighted by molar-refractivity contribution is 1.67. The molecule has 0 heterocycles. The Labute approximate surface area is 165 Å². The van der Waals surface area contributed by atoms with Crippen LogP contribution in [-0.4, -0.2) is 17.6 Å². The summed E-state index contributed by atoms with van der Waals surface area (Å²) in [4.78, 5) is 0. The summed E-state index contributed by atoms with van der Waals surface area (Å²) in [5.74, 6) is 0. The summed E-state index contributed by atoms with van der Waals surface area (Å²) in [5.41, 5.74) is 1.32. The van der Waals surface area contributed by atoms with E-state index in [0.717, 1.165) is 0 Å². The molecule has 0 nitrogen and oxygen atoms in total. The molecule has 4 aromatic carbocycles. The minimum atomic E-state index is -1.29. The molecule has 27 heavy (non-hydrogen) atoms. The summed E-state index contributed by atoms with van der Waals surface area (Å²) < 4.78 is 0. The van der Waals surface area contributed by atoms with E-state index in [2.05, 4.69) is 121 Å². The van der Waals surface area contributed by atoms with Crippen LogP contribution in [0.5, 0.6) is 0 Å². The molecule has 0 amide bonds. The van der Waals surface area contributed by atoms with Crippen molar-refractivity contribution in [3.63, 3.8) is 0 Å². The first kappa shape index (κ1) is 17.7. The molecule has 0 spiro atoms. The second-order valence-electron chi connectivity index (χ2n) is 6.98. The van der Waals surface area contributed by atoms with Crippen molar-refractivity contribution in [3.8, 4) is 0 Å². The smallest absolute Gasteiger partial charge is 0.0629 e. The van der Waals surface area contributed by atoms with Crippen molar-refractivity contribution < 1.29 is 0 Å². The predicted octanol–water partition coefficient (Wildman–Crippen LogP) is 2.61. The van der Waals surface area contributed by atoms with E-state index in [-0.39, 0.29) is 0 Å². The molecule has 0 aliphatic heterocycles. The van der Waals surface area contributed by atoms with Crippen molar-refractivity contribution in [2.45, 2.75) is 5.67 Å². The van der Waals surface area contributed by atoms with Crippen LogP contribution in [0.2, 0.25) is 5.67 Å². The molecule has 0 fully saturated rings. The highest BCUT2D eigenvalue weighted by molar-refractivity contribution is 7.00. The summed E-state index contributed by atoms with van der Waals surface area (Å²) in [5, 5.41) is 6.20. The van der Waals surface area contributed by atoms with E-state index in [9.17, 15) is 0 Å². The topological polar surface area (TPSA) is 0 Å². The Hall–Kier alpha value is -2.69. The van der Waals surface area contributed by atoms with E-state index < -0.39 is 17.6 Å². The largest absolute Gasteiger partial charge is 0.101 e. The van der Waals surface area contributed by atoms with Gasteiger partial charge in [0.1, 0.15) is 17.6 Å². The van der Waals surface area contributed by atoms with Gasteiger partial charge in [-0.1, -0.05) is 148 Å². The van der Waals surface area contributed by atoms with Crippen molar-refractivity contribution in [2.24, 2.45) is 0 Å². The third-order valence-electron chi connectivity index (χ3n) is 5.28. The maximum absolute atomic E-state index is 2.34. The lowest BCUT2D eigenvalue weighted by Crippen LogP contribution is -2.52. The number of rotatable bonds is 6. The Morgan fingerprint density at radius 2 is 0.556 bits per heavy atom. The Balaban J connectivity index is 1.77. The SMILES string of the molecule is c1ccc([SiH](C[SiH](c2ccccc2)c2ccccc2)c2ccccc2)cc1. The zero-order valence-electron chi connectivity index (χ0n) is 15.4. The summed E-state index contributed by atoms with van der Waals surface area (Å²) in [7, 11) is -2.57. The molecule has 0 aliphatic carbocycles. The molecule has 4 aromatic rings. The van der Waals surface area contributed by atoms with Crippen LogP contribution in [0.25, 0.3) is 0 Å². The van der Waals surface area contributed by atoms with Crippen LogP contribution < -0.4 is 20.7 Å². The average molecular weight is 381 g/mol. The minimum absolute atomic E-state index is 1.29. The van der Waals surface area contributed by atoms with Gasteiger partial charge < -0.3 is 0 Å². The van der Waals surface area contributed by atoms with Crippen LogP contribution in [0.1, 0.15) is 0 Å². The minimum Gasteiger partial charge on any atom is -0.0629 e. The highest BCUT2D eigenvalue weighted by atomic mass is 28.3. The van der Waals surface area contributed by atoms with Crippen molar-refractivity contribution in [3.05, 3.63) is 121 Å². The first-order valence-corrected chi connectivity index (χ1v) is 13.6. The molecule has 0 saturated carbocycles. The van der Waals surface area contributed by atoms with Gasteiger partial charge in [0.05, 0.1) is 0 Å². The molecule has 0 bridgehead atoms. The van der Waals surface area contributed by atoms with E-state index in [1.54, 1.807) is 20.7 Å². The van der Waals surface area contributed by atoms with Crippen LogP contribution in [0.4, 0.5) is 0 Å². The standard InChI is InChI=1S/C25H24Si2/c1-5-13-22(14-6-1)26(23-15-7-2-8-16-23)21-27(24-17-9-3-10-18-24)25-19-11-4-12-20-25/h1-20,26-27H,21H2. The third-order valence-corrected chi connectivity index (χ3v) is 13.8. The highest BCUT2D eigenvalue weighted by Gasteiger charge is 2.25. The first-order valence-electron chi connectivity index (χ1n) is 9.61. The maximum Gasteiger partial charge on any atom is 0.101 e. The molecular formula is C25H24Si2. The normalized spacial score (nSPS) is 11.0. The fraction of sp³-hybridized carbons (Fsp3) is 0.0400. The fourth-order valence-electron chi connectivity index (χ4n) is 3.91. The summed E-state index contributed by atoms with van der Waals surface area (Å²) in [6.45, 7) is 0. The molecule has 132 valence electrons. The van der Waals surface area contributed by atoms with Gasteiger partial charge in [-0.25, -0.2) is 0 Å². The van der Waals surface area contributed by atoms with Crippen molar-refractivity contribution in [1.82, 2.24) is 0 Å². The van der Waals surface area contributed by atoms with Gasteiger partial charge in [-0.2, -0.15) is 0 Å². The third kappa shape index (κ3) is 4.36. The van der Waals surface area contributed by atoms with Crippen LogP contribution in [-0.2, 0) is 0 Å². The van der Waals surface area contributed by atoms with Crippen molar-refractivity contribution in [2.75, 3.05) is 0 Å². The summed E-state index contributed by atoms with van der Waals surface area (Å²) in [6.07, 6.45) is 0. The predicted molar refractivity (Wildman–Crippen MR) is 123 cm³/mol. The Morgan fingerprint density at radius 3 is 0.778 bits per heavy atom. The van der Waals surface area contributed by atoms with Crippen LogP contribution in [0, 0.1) is 0 Å². The second-order valence-corrected chi connectivity index (χ2v) is 13.7. The Morgan fingerprint density at radius 1 is 0.333 bits per heavy atom. The maximum atomic E-state index is 2.34. The fourth-order valence-corrected chi connectivity index (χ4v) is 13.7. The first-order chi connectivity index (χ1) is 13.4. The number of hydrogen-bond donors (Lipinski definition) is 0. The Bertz CT molecular complexity index is 778. The molecule has 0 N–H and O–H groups in total. The van der Waals surface area contributed by atoms with Gasteiger partial charge in [0.25, 0.3) is 0 Å². The zero-order chi connectivity index (χ0) is 18.3. The molecular weight excluding hydrogens is 356 g/mol. The van der Waals surface area contributed by atoms with Gasteiger partial charge in [-0.3, -0.25) is 0 Å². The van der Waals surface area contributed by atoms with Gasteiger partial charge in [0.15, 0.2) is 0 Å². The van der Waals surface area contributed by atoms with Crippen LogP contribution >= 0.6 is 0 Å². The van der Waals surface area contributed by atoms with Crippen LogP contribution in [0.15, 0.2) is 121 Å². The lowest BCUT2D eigenvalue weighted by Gasteiger charge is -2.23. The van der Waals surface area contributed by atoms with Gasteiger partial charge in [0, 0.05) is 0 Å². The number of benzene rings is 4. The van der Waals surface area contributed by atoms with Crippen LogP contribution in [0.3, 0.4) is 0 Å². The quantitative estimate of drug-likeness (QED) is 0.451. The molecule has 0 aromatic heterocycles. The summed E-state index contributed by atoms with van der Waals surface area (Å²) >= 11 is 0.